The zero-order chi connectivity index (χ0) is 17.1. The van der Waals surface area contributed by atoms with Crippen LogP contribution in [0.5, 0.6) is 0 Å². The van der Waals surface area contributed by atoms with Gasteiger partial charge in [-0.15, -0.1) is 0 Å². The van der Waals surface area contributed by atoms with Crippen molar-refractivity contribution in [2.75, 3.05) is 46.4 Å². The van der Waals surface area contributed by atoms with E-state index in [1.165, 1.54) is 0 Å². The second kappa shape index (κ2) is 10.8. The van der Waals surface area contributed by atoms with Gasteiger partial charge in [0.1, 0.15) is 0 Å². The van der Waals surface area contributed by atoms with E-state index in [2.05, 4.69) is 41.4 Å². The van der Waals surface area contributed by atoms with Crippen molar-refractivity contribution in [3.8, 4) is 0 Å². The summed E-state index contributed by atoms with van der Waals surface area (Å²) in [4.78, 5) is 6.88. The Labute approximate surface area is 141 Å². The van der Waals surface area contributed by atoms with E-state index in [-0.39, 0.29) is 6.10 Å². The lowest BCUT2D eigenvalue weighted by Gasteiger charge is -2.30. The van der Waals surface area contributed by atoms with Crippen LogP contribution in [0.1, 0.15) is 46.5 Å². The fourth-order valence-electron chi connectivity index (χ4n) is 2.98. The number of ether oxygens (including phenoxy) is 1. The van der Waals surface area contributed by atoms with Gasteiger partial charge in [-0.25, -0.2) is 0 Å². The summed E-state index contributed by atoms with van der Waals surface area (Å²) in [5, 5.41) is 17.3. The maximum absolute atomic E-state index is 10.7. The van der Waals surface area contributed by atoms with Gasteiger partial charge >= 0.3 is 0 Å². The molecule has 1 saturated heterocycles. The van der Waals surface area contributed by atoms with Crippen molar-refractivity contribution < 1.29 is 9.84 Å². The topological polar surface area (TPSA) is 69.1 Å². The Bertz CT molecular complexity index is 343. The minimum Gasteiger partial charge on any atom is -0.388 e. The summed E-state index contributed by atoms with van der Waals surface area (Å²) < 4.78 is 5.76. The fourth-order valence-corrected chi connectivity index (χ4v) is 2.98. The summed E-state index contributed by atoms with van der Waals surface area (Å²) in [5.74, 6) is 0.759. The average molecular weight is 329 g/mol. The normalized spacial score (nSPS) is 20.6. The molecular formula is C17H36N4O2. The van der Waals surface area contributed by atoms with Gasteiger partial charge in [0.05, 0.1) is 24.9 Å². The summed E-state index contributed by atoms with van der Waals surface area (Å²) in [6, 6.07) is 0. The van der Waals surface area contributed by atoms with Gasteiger partial charge in [-0.05, 0) is 26.8 Å². The van der Waals surface area contributed by atoms with Gasteiger partial charge < -0.3 is 25.4 Å². The molecule has 1 heterocycles. The Morgan fingerprint density at radius 1 is 1.26 bits per heavy atom. The predicted molar refractivity (Wildman–Crippen MR) is 96.0 cm³/mol. The summed E-state index contributed by atoms with van der Waals surface area (Å²) in [6.45, 7) is 10.9. The molecule has 0 spiro atoms. The summed E-state index contributed by atoms with van der Waals surface area (Å²) in [7, 11) is 2.12. The minimum absolute atomic E-state index is 0.183. The van der Waals surface area contributed by atoms with Gasteiger partial charge in [0.25, 0.3) is 0 Å². The maximum Gasteiger partial charge on any atom is 0.191 e. The first-order valence-corrected chi connectivity index (χ1v) is 9.07. The van der Waals surface area contributed by atoms with E-state index in [9.17, 15) is 5.11 Å². The van der Waals surface area contributed by atoms with Crippen LogP contribution in [-0.4, -0.2) is 74.0 Å². The van der Waals surface area contributed by atoms with Gasteiger partial charge in [-0.2, -0.15) is 0 Å². The third kappa shape index (κ3) is 7.99. The molecule has 0 aromatic carbocycles. The van der Waals surface area contributed by atoms with Crippen LogP contribution in [-0.2, 0) is 4.74 Å². The zero-order valence-electron chi connectivity index (χ0n) is 15.4. The third-order valence-corrected chi connectivity index (χ3v) is 4.15. The number of morpholine rings is 1. The smallest absolute Gasteiger partial charge is 0.191 e. The highest BCUT2D eigenvalue weighted by Gasteiger charge is 2.24. The number of nitrogens with zero attached hydrogens (tertiary/aromatic N) is 2. The molecule has 0 saturated carbocycles. The first-order chi connectivity index (χ1) is 11.0. The van der Waals surface area contributed by atoms with Crippen molar-refractivity contribution in [2.24, 2.45) is 4.99 Å². The highest BCUT2D eigenvalue weighted by atomic mass is 16.5. The van der Waals surface area contributed by atoms with Gasteiger partial charge in [0, 0.05) is 26.2 Å². The summed E-state index contributed by atoms with van der Waals surface area (Å²) in [6.07, 6.45) is 3.71. The Morgan fingerprint density at radius 2 is 1.96 bits per heavy atom. The molecule has 1 aliphatic heterocycles. The van der Waals surface area contributed by atoms with E-state index in [1.807, 2.05) is 6.92 Å². The molecule has 0 bridgehead atoms. The second-order valence-corrected chi connectivity index (χ2v) is 6.56. The van der Waals surface area contributed by atoms with Gasteiger partial charge in [0.15, 0.2) is 5.96 Å². The summed E-state index contributed by atoms with van der Waals surface area (Å²) >= 11 is 0. The Kier molecular flexibility index (Phi) is 9.52. The number of likely N-dealkylation sites (N-methyl/N-ethyl adjacent to an activating group) is 1. The molecule has 6 heteroatoms. The largest absolute Gasteiger partial charge is 0.388 e. The molecule has 23 heavy (non-hydrogen) atoms. The van der Waals surface area contributed by atoms with E-state index < -0.39 is 5.60 Å². The van der Waals surface area contributed by atoms with Crippen molar-refractivity contribution >= 4 is 5.96 Å². The molecule has 1 fully saturated rings. The van der Waals surface area contributed by atoms with Crippen LogP contribution in [0.3, 0.4) is 0 Å². The molecule has 1 unspecified atom stereocenters. The average Bonchev–Trinajstić information content (AvgIpc) is 2.51. The van der Waals surface area contributed by atoms with Gasteiger partial charge in [-0.1, -0.05) is 26.7 Å². The molecule has 0 aromatic heterocycles. The molecule has 0 aliphatic carbocycles. The van der Waals surface area contributed by atoms with Crippen molar-refractivity contribution in [3.63, 3.8) is 0 Å². The molecule has 1 atom stereocenters. The van der Waals surface area contributed by atoms with Crippen molar-refractivity contribution in [3.05, 3.63) is 0 Å². The van der Waals surface area contributed by atoms with Crippen LogP contribution in [0.15, 0.2) is 4.99 Å². The van der Waals surface area contributed by atoms with E-state index in [0.717, 1.165) is 64.4 Å². The van der Waals surface area contributed by atoms with Crippen LogP contribution < -0.4 is 10.6 Å². The molecular weight excluding hydrogens is 292 g/mol. The molecule has 0 radical (unpaired) electrons. The number of rotatable bonds is 9. The lowest BCUT2D eigenvalue weighted by atomic mass is 9.93. The number of nitrogens with one attached hydrogen (secondary N) is 2. The van der Waals surface area contributed by atoms with Crippen molar-refractivity contribution in [1.29, 1.82) is 0 Å². The molecule has 3 N–H and O–H groups in total. The standard InChI is InChI=1S/C17H36N4O2/c1-5-8-17(22,9-6-2)14-20-16(18-7-3)19-12-15-13-21(4)10-11-23-15/h15,22H,5-14H2,1-4H3,(H2,18,19,20). The first-order valence-electron chi connectivity index (χ1n) is 9.07. The number of aliphatic hydroxyl groups is 1. The molecule has 136 valence electrons. The van der Waals surface area contributed by atoms with E-state index in [4.69, 9.17) is 4.74 Å². The van der Waals surface area contributed by atoms with Crippen LogP contribution in [0.2, 0.25) is 0 Å². The molecule has 1 rings (SSSR count). The number of aliphatic imine (C=N–C) groups is 1. The molecule has 6 nitrogen and oxygen atoms in total. The van der Waals surface area contributed by atoms with Crippen LogP contribution in [0, 0.1) is 0 Å². The van der Waals surface area contributed by atoms with E-state index >= 15 is 0 Å². The molecule has 1 aliphatic rings. The lowest BCUT2D eigenvalue weighted by molar-refractivity contribution is -0.0161. The highest BCUT2D eigenvalue weighted by molar-refractivity contribution is 5.79. The minimum atomic E-state index is -0.687. The third-order valence-electron chi connectivity index (χ3n) is 4.15. The fraction of sp³-hybridized carbons (Fsp3) is 0.941. The van der Waals surface area contributed by atoms with E-state index in [1.54, 1.807) is 0 Å². The van der Waals surface area contributed by atoms with Gasteiger partial charge in [0.2, 0.25) is 0 Å². The summed E-state index contributed by atoms with van der Waals surface area (Å²) in [5.41, 5.74) is -0.687. The van der Waals surface area contributed by atoms with Crippen molar-refractivity contribution in [2.45, 2.75) is 58.2 Å². The molecule has 0 aromatic rings. The second-order valence-electron chi connectivity index (χ2n) is 6.56. The lowest BCUT2D eigenvalue weighted by Crippen LogP contribution is -2.48. The van der Waals surface area contributed by atoms with Crippen molar-refractivity contribution in [1.82, 2.24) is 15.5 Å². The molecule has 0 amide bonds. The van der Waals surface area contributed by atoms with Crippen LogP contribution in [0.25, 0.3) is 0 Å². The number of hydrogen-bond acceptors (Lipinski definition) is 4. The van der Waals surface area contributed by atoms with Crippen LogP contribution >= 0.6 is 0 Å². The first kappa shape index (κ1) is 20.2. The highest BCUT2D eigenvalue weighted by Crippen LogP contribution is 2.19. The monoisotopic (exact) mass is 328 g/mol. The Morgan fingerprint density at radius 3 is 2.52 bits per heavy atom. The van der Waals surface area contributed by atoms with E-state index in [0.29, 0.717) is 6.54 Å². The predicted octanol–water partition coefficient (Wildman–Crippen LogP) is 1.20. The Balaban J connectivity index is 2.54. The quantitative estimate of drug-likeness (QED) is 0.438. The number of hydrogen-bond donors (Lipinski definition) is 3. The van der Waals surface area contributed by atoms with Gasteiger partial charge in [-0.3, -0.25) is 4.99 Å². The SMILES string of the molecule is CCCC(O)(CCC)CN=C(NCC)NCC1CN(C)CCO1. The van der Waals surface area contributed by atoms with Crippen LogP contribution in [0.4, 0.5) is 0 Å². The number of guanidine groups is 1. The zero-order valence-corrected chi connectivity index (χ0v) is 15.4. The Hall–Kier alpha value is -0.850. The maximum atomic E-state index is 10.7.